The van der Waals surface area contributed by atoms with E-state index in [1.165, 1.54) is 12.6 Å². The van der Waals surface area contributed by atoms with Crippen molar-refractivity contribution in [2.24, 2.45) is 5.73 Å². The lowest BCUT2D eigenvalue weighted by Crippen LogP contribution is -2.05. The molecule has 4 N–H and O–H groups in total. The fourth-order valence-corrected chi connectivity index (χ4v) is 1.24. The van der Waals surface area contributed by atoms with E-state index in [2.05, 4.69) is 24.8 Å². The Kier molecular flexibility index (Phi) is 7.91. The van der Waals surface area contributed by atoms with E-state index < -0.39 is 6.29 Å². The molecule has 0 saturated carbocycles. The molecule has 0 unspecified atom stereocenters. The van der Waals surface area contributed by atoms with Gasteiger partial charge < -0.3 is 15.9 Å². The van der Waals surface area contributed by atoms with Gasteiger partial charge in [-0.1, -0.05) is 31.2 Å². The summed E-state index contributed by atoms with van der Waals surface area (Å²) in [4.78, 5) is 0. The van der Waals surface area contributed by atoms with Gasteiger partial charge in [-0.05, 0) is 31.0 Å². The highest BCUT2D eigenvalue weighted by Crippen LogP contribution is 2.07. The standard InChI is InChI=1S/C11H16O2.CH5N/c1-2-9-3-5-10(6-4-9)7-8-11(12)13;1-2/h3-6,11-13H,2,7-8H2,1H3;2H2,1H3. The first-order valence-electron chi connectivity index (χ1n) is 5.24. The van der Waals surface area contributed by atoms with Crippen LogP contribution in [-0.2, 0) is 12.8 Å². The number of aliphatic hydroxyl groups is 2. The molecular weight excluding hydrogens is 190 g/mol. The molecule has 0 radical (unpaired) electrons. The van der Waals surface area contributed by atoms with Crippen molar-refractivity contribution in [3.05, 3.63) is 35.4 Å². The first-order chi connectivity index (χ1) is 7.22. The third-order valence-corrected chi connectivity index (χ3v) is 2.12. The molecule has 0 aliphatic rings. The topological polar surface area (TPSA) is 66.5 Å². The van der Waals surface area contributed by atoms with Crippen molar-refractivity contribution in [1.82, 2.24) is 0 Å². The van der Waals surface area contributed by atoms with Crippen LogP contribution in [0.3, 0.4) is 0 Å². The zero-order chi connectivity index (χ0) is 11.7. The average Bonchev–Trinajstić information content (AvgIpc) is 2.30. The molecule has 15 heavy (non-hydrogen) atoms. The van der Waals surface area contributed by atoms with Crippen LogP contribution in [0.2, 0.25) is 0 Å². The molecule has 1 rings (SSSR count). The second kappa shape index (κ2) is 8.41. The van der Waals surface area contributed by atoms with Crippen molar-refractivity contribution < 1.29 is 10.2 Å². The summed E-state index contributed by atoms with van der Waals surface area (Å²) in [5.41, 5.74) is 6.97. The molecule has 1 aromatic rings. The molecule has 0 spiro atoms. The Morgan fingerprint density at radius 1 is 1.07 bits per heavy atom. The van der Waals surface area contributed by atoms with E-state index in [0.29, 0.717) is 6.42 Å². The summed E-state index contributed by atoms with van der Waals surface area (Å²) in [6.07, 6.45) is 0.988. The summed E-state index contributed by atoms with van der Waals surface area (Å²) in [5, 5.41) is 17.3. The summed E-state index contributed by atoms with van der Waals surface area (Å²) in [6.45, 7) is 2.12. The van der Waals surface area contributed by atoms with Crippen molar-refractivity contribution in [1.29, 1.82) is 0 Å². The van der Waals surface area contributed by atoms with Crippen LogP contribution in [0, 0.1) is 0 Å². The van der Waals surface area contributed by atoms with Crippen LogP contribution in [0.5, 0.6) is 0 Å². The highest BCUT2D eigenvalue weighted by molar-refractivity contribution is 5.22. The predicted molar refractivity (Wildman–Crippen MR) is 62.5 cm³/mol. The van der Waals surface area contributed by atoms with E-state index in [1.54, 1.807) is 0 Å². The van der Waals surface area contributed by atoms with Crippen molar-refractivity contribution >= 4 is 0 Å². The van der Waals surface area contributed by atoms with Crippen LogP contribution < -0.4 is 5.73 Å². The normalized spacial score (nSPS) is 9.73. The molecule has 0 saturated heterocycles. The molecule has 86 valence electrons. The van der Waals surface area contributed by atoms with E-state index in [4.69, 9.17) is 10.2 Å². The lowest BCUT2D eigenvalue weighted by Gasteiger charge is -2.04. The SMILES string of the molecule is CCc1ccc(CCC(O)O)cc1.CN. The summed E-state index contributed by atoms with van der Waals surface area (Å²) < 4.78 is 0. The summed E-state index contributed by atoms with van der Waals surface area (Å²) >= 11 is 0. The third kappa shape index (κ3) is 6.23. The maximum Gasteiger partial charge on any atom is 0.151 e. The molecule has 0 heterocycles. The quantitative estimate of drug-likeness (QED) is 0.653. The highest BCUT2D eigenvalue weighted by Gasteiger charge is 1.98. The minimum absolute atomic E-state index is 0.408. The third-order valence-electron chi connectivity index (χ3n) is 2.12. The second-order valence-electron chi connectivity index (χ2n) is 3.19. The Morgan fingerprint density at radius 3 is 1.93 bits per heavy atom. The Labute approximate surface area is 91.6 Å². The number of benzene rings is 1. The van der Waals surface area contributed by atoms with Gasteiger partial charge in [0.05, 0.1) is 0 Å². The van der Waals surface area contributed by atoms with E-state index in [9.17, 15) is 0 Å². The van der Waals surface area contributed by atoms with E-state index in [1.807, 2.05) is 12.1 Å². The van der Waals surface area contributed by atoms with E-state index in [0.717, 1.165) is 18.4 Å². The molecule has 1 aromatic carbocycles. The molecule has 0 atom stereocenters. The number of hydrogen-bond acceptors (Lipinski definition) is 3. The zero-order valence-electron chi connectivity index (χ0n) is 9.48. The van der Waals surface area contributed by atoms with Gasteiger partial charge >= 0.3 is 0 Å². The number of aryl methyl sites for hydroxylation is 2. The van der Waals surface area contributed by atoms with Crippen LogP contribution in [0.1, 0.15) is 24.5 Å². The van der Waals surface area contributed by atoms with Gasteiger partial charge in [0.1, 0.15) is 0 Å². The van der Waals surface area contributed by atoms with Crippen molar-refractivity contribution in [2.45, 2.75) is 32.5 Å². The monoisotopic (exact) mass is 211 g/mol. The van der Waals surface area contributed by atoms with Gasteiger partial charge in [0, 0.05) is 6.42 Å². The van der Waals surface area contributed by atoms with Crippen molar-refractivity contribution in [3.63, 3.8) is 0 Å². The Bertz CT molecular complexity index is 244. The Hall–Kier alpha value is -0.900. The molecule has 3 nitrogen and oxygen atoms in total. The van der Waals surface area contributed by atoms with Crippen molar-refractivity contribution in [2.75, 3.05) is 7.05 Å². The highest BCUT2D eigenvalue weighted by atomic mass is 16.5. The number of hydrogen-bond donors (Lipinski definition) is 3. The molecule has 0 aliphatic carbocycles. The molecular formula is C12H21NO2. The van der Waals surface area contributed by atoms with Gasteiger partial charge in [0.25, 0.3) is 0 Å². The lowest BCUT2D eigenvalue weighted by molar-refractivity contribution is -0.0446. The maximum atomic E-state index is 8.67. The Morgan fingerprint density at radius 2 is 1.53 bits per heavy atom. The fraction of sp³-hybridized carbons (Fsp3) is 0.500. The van der Waals surface area contributed by atoms with Gasteiger partial charge in [-0.2, -0.15) is 0 Å². The summed E-state index contributed by atoms with van der Waals surface area (Å²) in [7, 11) is 1.50. The minimum Gasteiger partial charge on any atom is -0.368 e. The first kappa shape index (κ1) is 14.1. The predicted octanol–water partition coefficient (Wildman–Crippen LogP) is 1.07. The average molecular weight is 211 g/mol. The van der Waals surface area contributed by atoms with Crippen LogP contribution in [0.25, 0.3) is 0 Å². The first-order valence-corrected chi connectivity index (χ1v) is 5.24. The van der Waals surface area contributed by atoms with Gasteiger partial charge in [-0.25, -0.2) is 0 Å². The van der Waals surface area contributed by atoms with Gasteiger partial charge in [-0.3, -0.25) is 0 Å². The van der Waals surface area contributed by atoms with Crippen LogP contribution >= 0.6 is 0 Å². The fourth-order valence-electron chi connectivity index (χ4n) is 1.24. The van der Waals surface area contributed by atoms with Crippen LogP contribution in [0.15, 0.2) is 24.3 Å². The zero-order valence-corrected chi connectivity index (χ0v) is 9.48. The van der Waals surface area contributed by atoms with Gasteiger partial charge in [-0.15, -0.1) is 0 Å². The smallest absolute Gasteiger partial charge is 0.151 e. The number of nitrogens with two attached hydrogens (primary N) is 1. The Balaban J connectivity index is 0.000000921. The minimum atomic E-state index is -1.19. The molecule has 0 bridgehead atoms. The summed E-state index contributed by atoms with van der Waals surface area (Å²) in [5.74, 6) is 0. The number of aliphatic hydroxyl groups excluding tert-OH is 1. The largest absolute Gasteiger partial charge is 0.368 e. The molecule has 0 fully saturated rings. The molecule has 0 aromatic heterocycles. The van der Waals surface area contributed by atoms with Crippen LogP contribution in [-0.4, -0.2) is 23.6 Å². The van der Waals surface area contributed by atoms with Gasteiger partial charge in [0.15, 0.2) is 6.29 Å². The van der Waals surface area contributed by atoms with Gasteiger partial charge in [0.2, 0.25) is 0 Å². The molecule has 3 heteroatoms. The van der Waals surface area contributed by atoms with E-state index >= 15 is 0 Å². The maximum absolute atomic E-state index is 8.67. The van der Waals surface area contributed by atoms with Crippen molar-refractivity contribution in [3.8, 4) is 0 Å². The lowest BCUT2D eigenvalue weighted by atomic mass is 10.1. The number of rotatable bonds is 4. The summed E-state index contributed by atoms with van der Waals surface area (Å²) in [6, 6.07) is 8.25. The van der Waals surface area contributed by atoms with E-state index in [-0.39, 0.29) is 0 Å². The molecule has 0 aliphatic heterocycles. The van der Waals surface area contributed by atoms with Crippen LogP contribution in [0.4, 0.5) is 0 Å². The second-order valence-corrected chi connectivity index (χ2v) is 3.19. The molecule has 0 amide bonds.